The molecular formula is C10H13BrN2O4. The van der Waals surface area contributed by atoms with Gasteiger partial charge >= 0.3 is 0 Å². The average molecular weight is 305 g/mol. The van der Waals surface area contributed by atoms with Crippen molar-refractivity contribution in [3.05, 3.63) is 33.2 Å². The van der Waals surface area contributed by atoms with Crippen molar-refractivity contribution in [2.45, 2.75) is 12.6 Å². The van der Waals surface area contributed by atoms with E-state index in [2.05, 4.69) is 21.2 Å². The zero-order valence-electron chi connectivity index (χ0n) is 8.97. The lowest BCUT2D eigenvalue weighted by Crippen LogP contribution is -2.42. The fraction of sp³-hybridized carbons (Fsp3) is 0.400. The van der Waals surface area contributed by atoms with Gasteiger partial charge in [-0.15, -0.1) is 0 Å². The van der Waals surface area contributed by atoms with Crippen LogP contribution < -0.4 is 10.9 Å². The molecule has 0 unspecified atom stereocenters. The molecule has 1 amide bonds. The first-order chi connectivity index (χ1) is 8.06. The van der Waals surface area contributed by atoms with Crippen molar-refractivity contribution in [2.75, 3.05) is 13.2 Å². The van der Waals surface area contributed by atoms with Gasteiger partial charge in [0.25, 0.3) is 5.56 Å². The molecule has 1 heterocycles. The van der Waals surface area contributed by atoms with Gasteiger partial charge in [-0.25, -0.2) is 0 Å². The van der Waals surface area contributed by atoms with Crippen LogP contribution in [0.3, 0.4) is 0 Å². The van der Waals surface area contributed by atoms with Gasteiger partial charge in [-0.1, -0.05) is 0 Å². The fourth-order valence-electron chi connectivity index (χ4n) is 1.20. The molecule has 3 N–H and O–H groups in total. The maximum atomic E-state index is 11.5. The summed E-state index contributed by atoms with van der Waals surface area (Å²) in [5, 5.41) is 20.0. The van der Waals surface area contributed by atoms with Crippen LogP contribution in [0.15, 0.2) is 27.6 Å². The quantitative estimate of drug-likeness (QED) is 0.656. The summed E-state index contributed by atoms with van der Waals surface area (Å²) in [4.78, 5) is 22.9. The molecule has 0 aliphatic heterocycles. The van der Waals surface area contributed by atoms with E-state index in [0.717, 1.165) is 0 Å². The molecule has 0 aliphatic carbocycles. The number of carbonyl (C=O) groups excluding carboxylic acids is 1. The highest BCUT2D eigenvalue weighted by Gasteiger charge is 2.10. The second-order valence-corrected chi connectivity index (χ2v) is 4.36. The molecule has 0 atom stereocenters. The number of nitrogens with zero attached hydrogens (tertiary/aromatic N) is 1. The van der Waals surface area contributed by atoms with Gasteiger partial charge in [0, 0.05) is 16.7 Å². The first kappa shape index (κ1) is 13.9. The SMILES string of the molecule is O=C(Cn1cc(Br)ccc1=O)NC(CO)CO. The zero-order valence-corrected chi connectivity index (χ0v) is 10.6. The lowest BCUT2D eigenvalue weighted by atomic mass is 10.3. The van der Waals surface area contributed by atoms with Crippen LogP contribution in [0, 0.1) is 0 Å². The van der Waals surface area contributed by atoms with Gasteiger partial charge in [0.05, 0.1) is 19.3 Å². The molecule has 0 bridgehead atoms. The fourth-order valence-corrected chi connectivity index (χ4v) is 1.58. The number of aliphatic hydroxyl groups is 2. The number of nitrogens with one attached hydrogen (secondary N) is 1. The van der Waals surface area contributed by atoms with E-state index < -0.39 is 11.9 Å². The Labute approximate surface area is 106 Å². The number of pyridine rings is 1. The minimum Gasteiger partial charge on any atom is -0.394 e. The van der Waals surface area contributed by atoms with Gasteiger partial charge in [-0.3, -0.25) is 9.59 Å². The third-order valence-corrected chi connectivity index (χ3v) is 2.54. The minimum atomic E-state index is -0.703. The third kappa shape index (κ3) is 4.29. The normalized spacial score (nSPS) is 10.6. The number of rotatable bonds is 5. The molecule has 6 nitrogen and oxygen atoms in total. The van der Waals surface area contributed by atoms with E-state index in [4.69, 9.17) is 10.2 Å². The Balaban J connectivity index is 2.68. The van der Waals surface area contributed by atoms with Crippen molar-refractivity contribution in [2.24, 2.45) is 0 Å². The number of aromatic nitrogens is 1. The van der Waals surface area contributed by atoms with Crippen LogP contribution in [0.2, 0.25) is 0 Å². The maximum absolute atomic E-state index is 11.5. The van der Waals surface area contributed by atoms with E-state index in [1.54, 1.807) is 6.07 Å². The van der Waals surface area contributed by atoms with Gasteiger partial charge in [-0.2, -0.15) is 0 Å². The van der Waals surface area contributed by atoms with Crippen molar-refractivity contribution < 1.29 is 15.0 Å². The summed E-state index contributed by atoms with van der Waals surface area (Å²) >= 11 is 3.19. The Hall–Kier alpha value is -1.18. The number of aliphatic hydroxyl groups excluding tert-OH is 2. The average Bonchev–Trinajstić information content (AvgIpc) is 2.31. The summed E-state index contributed by atoms with van der Waals surface area (Å²) in [6, 6.07) is 2.22. The summed E-state index contributed by atoms with van der Waals surface area (Å²) < 4.78 is 1.91. The highest BCUT2D eigenvalue weighted by molar-refractivity contribution is 9.10. The van der Waals surface area contributed by atoms with Gasteiger partial charge in [0.15, 0.2) is 0 Å². The topological polar surface area (TPSA) is 91.6 Å². The highest BCUT2D eigenvalue weighted by Crippen LogP contribution is 2.04. The monoisotopic (exact) mass is 304 g/mol. The Morgan fingerprint density at radius 3 is 2.65 bits per heavy atom. The van der Waals surface area contributed by atoms with Crippen LogP contribution in [-0.4, -0.2) is 39.9 Å². The second kappa shape index (κ2) is 6.53. The predicted octanol–water partition coefficient (Wildman–Crippen LogP) is -0.920. The number of halogens is 1. The predicted molar refractivity (Wildman–Crippen MR) is 64.5 cm³/mol. The highest BCUT2D eigenvalue weighted by atomic mass is 79.9. The second-order valence-electron chi connectivity index (χ2n) is 3.44. The number of carbonyl (C=O) groups is 1. The molecule has 1 aromatic rings. The molecule has 0 spiro atoms. The van der Waals surface area contributed by atoms with Crippen LogP contribution in [0.4, 0.5) is 0 Å². The Morgan fingerprint density at radius 2 is 2.06 bits per heavy atom. The molecule has 0 saturated heterocycles. The number of amides is 1. The summed E-state index contributed by atoms with van der Waals surface area (Å²) in [6.45, 7) is -0.861. The van der Waals surface area contributed by atoms with Crippen LogP contribution in [0.5, 0.6) is 0 Å². The molecule has 0 saturated carbocycles. The molecule has 0 fully saturated rings. The first-order valence-corrected chi connectivity index (χ1v) is 5.73. The van der Waals surface area contributed by atoms with Crippen molar-refractivity contribution in [3.63, 3.8) is 0 Å². The zero-order chi connectivity index (χ0) is 12.8. The lowest BCUT2D eigenvalue weighted by molar-refractivity contribution is -0.123. The minimum absolute atomic E-state index is 0.158. The van der Waals surface area contributed by atoms with E-state index >= 15 is 0 Å². The molecule has 1 aromatic heterocycles. The van der Waals surface area contributed by atoms with E-state index in [9.17, 15) is 9.59 Å². The van der Waals surface area contributed by atoms with Crippen LogP contribution in [0.1, 0.15) is 0 Å². The van der Waals surface area contributed by atoms with E-state index in [1.807, 2.05) is 0 Å². The lowest BCUT2D eigenvalue weighted by Gasteiger charge is -2.13. The smallest absolute Gasteiger partial charge is 0.251 e. The molecule has 1 rings (SSSR count). The maximum Gasteiger partial charge on any atom is 0.251 e. The molecular weight excluding hydrogens is 292 g/mol. The van der Waals surface area contributed by atoms with Gasteiger partial charge < -0.3 is 20.1 Å². The van der Waals surface area contributed by atoms with Crippen molar-refractivity contribution in [1.82, 2.24) is 9.88 Å². The molecule has 94 valence electrons. The number of hydrogen-bond acceptors (Lipinski definition) is 4. The summed E-state index contributed by atoms with van der Waals surface area (Å²) in [5.74, 6) is -0.446. The van der Waals surface area contributed by atoms with Gasteiger partial charge in [0.1, 0.15) is 6.54 Å². The van der Waals surface area contributed by atoms with Crippen LogP contribution >= 0.6 is 15.9 Å². The standard InChI is InChI=1S/C10H13BrN2O4/c11-7-1-2-10(17)13(3-7)4-9(16)12-8(5-14)6-15/h1-3,8,14-15H,4-6H2,(H,12,16). The Bertz CT molecular complexity index is 442. The number of hydrogen-bond donors (Lipinski definition) is 3. The summed E-state index contributed by atoms with van der Waals surface area (Å²) in [6.07, 6.45) is 1.49. The largest absolute Gasteiger partial charge is 0.394 e. The van der Waals surface area contributed by atoms with E-state index in [1.165, 1.54) is 16.8 Å². The van der Waals surface area contributed by atoms with Crippen molar-refractivity contribution in [3.8, 4) is 0 Å². The van der Waals surface area contributed by atoms with Crippen LogP contribution in [0.25, 0.3) is 0 Å². The van der Waals surface area contributed by atoms with Gasteiger partial charge in [-0.05, 0) is 22.0 Å². The van der Waals surface area contributed by atoms with Gasteiger partial charge in [0.2, 0.25) is 5.91 Å². The molecule has 17 heavy (non-hydrogen) atoms. The van der Waals surface area contributed by atoms with Crippen molar-refractivity contribution in [1.29, 1.82) is 0 Å². The molecule has 0 aromatic carbocycles. The first-order valence-electron chi connectivity index (χ1n) is 4.94. The van der Waals surface area contributed by atoms with Crippen LogP contribution in [-0.2, 0) is 11.3 Å². The molecule has 7 heteroatoms. The third-order valence-electron chi connectivity index (χ3n) is 2.07. The van der Waals surface area contributed by atoms with E-state index in [-0.39, 0.29) is 25.3 Å². The summed E-state index contributed by atoms with van der Waals surface area (Å²) in [7, 11) is 0. The Kier molecular flexibility index (Phi) is 5.33. The van der Waals surface area contributed by atoms with Crippen molar-refractivity contribution >= 4 is 21.8 Å². The Morgan fingerprint density at radius 1 is 1.41 bits per heavy atom. The molecule has 0 radical (unpaired) electrons. The van der Waals surface area contributed by atoms with E-state index in [0.29, 0.717) is 4.47 Å². The summed E-state index contributed by atoms with van der Waals surface area (Å²) in [5.41, 5.74) is -0.298. The molecule has 0 aliphatic rings.